The lowest BCUT2D eigenvalue weighted by Crippen LogP contribution is -2.65. The van der Waals surface area contributed by atoms with E-state index in [9.17, 15) is 15.3 Å². The maximum atomic E-state index is 11.1. The van der Waals surface area contributed by atoms with Crippen molar-refractivity contribution < 1.29 is 27.6 Å². The Hall–Kier alpha value is 2.64. The van der Waals surface area contributed by atoms with Crippen molar-refractivity contribution in [3.8, 4) is 0 Å². The molecule has 0 radical (unpaired) electrons. The molecule has 10 unspecified atom stereocenters. The molecule has 2 saturated carbocycles. The average Bonchev–Trinajstić information content (AvgIpc) is 2.59. The summed E-state index contributed by atoms with van der Waals surface area (Å²) in [5.74, 6) is -1.41. The van der Waals surface area contributed by atoms with Crippen LogP contribution in [0.4, 0.5) is 0 Å². The van der Waals surface area contributed by atoms with E-state index in [-0.39, 0.29) is 23.9 Å². The molecule has 2 fully saturated rings. The molecule has 0 saturated heterocycles. The molecule has 3 N–H and O–H groups in total. The van der Waals surface area contributed by atoms with Crippen LogP contribution in [0.25, 0.3) is 0 Å². The molecule has 2 aliphatic rings. The molecule has 0 aromatic heterocycles. The van der Waals surface area contributed by atoms with Gasteiger partial charge in [-0.2, -0.15) is 0 Å². The molecule has 0 heterocycles. The Labute approximate surface area is 210 Å². The lowest BCUT2D eigenvalue weighted by molar-refractivity contribution is -0.205. The Bertz CT molecular complexity index is 386. The second-order valence-electron chi connectivity index (χ2n) is 7.42. The number of aliphatic hydroxyl groups is 3. The topological polar surface area (TPSA) is 97.6 Å². The summed E-state index contributed by atoms with van der Waals surface area (Å²) in [4.78, 5) is 0. The standard InChI is InChI=1S/C15H24I4O7/c1-4-7(9(20)13(24-17)5(2)12(4)23-16)8-10(21)14(25-18)6(3)15(26-19)11(8)22/h4-15,20-22H,1-3H3. The van der Waals surface area contributed by atoms with Crippen molar-refractivity contribution in [2.45, 2.75) is 63.5 Å². The largest absolute Gasteiger partial charge is 0.390 e. The third kappa shape index (κ3) is 4.46. The first-order valence-corrected chi connectivity index (χ1v) is 11.9. The second-order valence-corrected chi connectivity index (χ2v) is 9.45. The van der Waals surface area contributed by atoms with Crippen molar-refractivity contribution >= 4 is 92.0 Å². The predicted octanol–water partition coefficient (Wildman–Crippen LogP) is 3.18. The van der Waals surface area contributed by atoms with Crippen molar-refractivity contribution in [3.05, 3.63) is 0 Å². The minimum atomic E-state index is -0.945. The van der Waals surface area contributed by atoms with Crippen LogP contribution in [0.3, 0.4) is 0 Å². The maximum Gasteiger partial charge on any atom is 0.110 e. The van der Waals surface area contributed by atoms with Crippen LogP contribution in [-0.4, -0.2) is 58.0 Å². The van der Waals surface area contributed by atoms with Gasteiger partial charge < -0.3 is 27.6 Å². The zero-order valence-corrected chi connectivity index (χ0v) is 23.0. The number of halogens is 4. The van der Waals surface area contributed by atoms with Gasteiger partial charge in [0.2, 0.25) is 0 Å². The van der Waals surface area contributed by atoms with E-state index in [1.165, 1.54) is 0 Å². The summed E-state index contributed by atoms with van der Waals surface area (Å²) in [6.07, 6.45) is -4.42. The summed E-state index contributed by atoms with van der Waals surface area (Å²) in [6, 6.07) is 0. The van der Waals surface area contributed by atoms with Gasteiger partial charge in [0.25, 0.3) is 0 Å². The molecule has 26 heavy (non-hydrogen) atoms. The molecule has 0 aliphatic heterocycles. The zero-order valence-electron chi connectivity index (χ0n) is 14.4. The van der Waals surface area contributed by atoms with Crippen LogP contribution in [0.5, 0.6) is 0 Å². The molecule has 0 aromatic rings. The normalized spacial score (nSPS) is 52.8. The highest BCUT2D eigenvalue weighted by Crippen LogP contribution is 2.48. The molecule has 0 amide bonds. The van der Waals surface area contributed by atoms with E-state index in [2.05, 4.69) is 0 Å². The van der Waals surface area contributed by atoms with Crippen molar-refractivity contribution in [1.82, 2.24) is 0 Å². The predicted molar refractivity (Wildman–Crippen MR) is 128 cm³/mol. The van der Waals surface area contributed by atoms with Crippen molar-refractivity contribution in [2.24, 2.45) is 29.6 Å². The Morgan fingerprint density at radius 1 is 0.500 bits per heavy atom. The molecule has 10 atom stereocenters. The smallest absolute Gasteiger partial charge is 0.110 e. The second kappa shape index (κ2) is 10.8. The summed E-state index contributed by atoms with van der Waals surface area (Å²) in [5, 5.41) is 33.1. The average molecular weight is 824 g/mol. The van der Waals surface area contributed by atoms with E-state index in [1.54, 1.807) is 69.0 Å². The van der Waals surface area contributed by atoms with Crippen LogP contribution in [0.1, 0.15) is 20.8 Å². The van der Waals surface area contributed by atoms with Crippen LogP contribution < -0.4 is 0 Å². The number of hydrogen-bond donors (Lipinski definition) is 3. The summed E-state index contributed by atoms with van der Waals surface area (Å²) in [6.45, 7) is 5.84. The molecule has 154 valence electrons. The van der Waals surface area contributed by atoms with Crippen LogP contribution in [-0.2, 0) is 12.3 Å². The van der Waals surface area contributed by atoms with Crippen LogP contribution in [0.2, 0.25) is 0 Å². The maximum absolute atomic E-state index is 11.1. The number of rotatable bonds is 5. The quantitative estimate of drug-likeness (QED) is 0.367. The monoisotopic (exact) mass is 824 g/mol. The van der Waals surface area contributed by atoms with E-state index in [0.29, 0.717) is 0 Å². The Kier molecular flexibility index (Phi) is 10.3. The van der Waals surface area contributed by atoms with Gasteiger partial charge in [0, 0.05) is 23.7 Å². The molecule has 7 nitrogen and oxygen atoms in total. The van der Waals surface area contributed by atoms with Gasteiger partial charge in [-0.3, -0.25) is 0 Å². The SMILES string of the molecule is CC1C(OI)C(C)C(C2C(O)C(OI)C(C)C(OI)C2O)C(O)C1OI. The van der Waals surface area contributed by atoms with Crippen LogP contribution in [0, 0.1) is 29.6 Å². The molecule has 11 heteroatoms. The van der Waals surface area contributed by atoms with Crippen LogP contribution in [0.15, 0.2) is 0 Å². The summed E-state index contributed by atoms with van der Waals surface area (Å²) < 4.78 is 22.2. The molecular weight excluding hydrogens is 800 g/mol. The fourth-order valence-corrected chi connectivity index (χ4v) is 7.99. The summed E-state index contributed by atoms with van der Waals surface area (Å²) in [7, 11) is 0. The van der Waals surface area contributed by atoms with E-state index < -0.39 is 48.5 Å². The molecule has 0 spiro atoms. The van der Waals surface area contributed by atoms with Gasteiger partial charge in [-0.15, -0.1) is 0 Å². The lowest BCUT2D eigenvalue weighted by atomic mass is 9.59. The molecule has 0 bridgehead atoms. The Morgan fingerprint density at radius 2 is 0.808 bits per heavy atom. The first kappa shape index (κ1) is 24.9. The minimum Gasteiger partial charge on any atom is -0.390 e. The third-order valence-corrected chi connectivity index (χ3v) is 8.60. The van der Waals surface area contributed by atoms with E-state index in [4.69, 9.17) is 12.3 Å². The van der Waals surface area contributed by atoms with Crippen LogP contribution >= 0.6 is 92.0 Å². The van der Waals surface area contributed by atoms with Gasteiger partial charge >= 0.3 is 0 Å². The van der Waals surface area contributed by atoms with Gasteiger partial charge in [-0.05, 0) is 5.92 Å². The highest BCUT2D eigenvalue weighted by molar-refractivity contribution is 14.1. The summed E-state index contributed by atoms with van der Waals surface area (Å²) >= 11 is 7.21. The lowest BCUT2D eigenvalue weighted by Gasteiger charge is -2.54. The van der Waals surface area contributed by atoms with Crippen molar-refractivity contribution in [1.29, 1.82) is 0 Å². The van der Waals surface area contributed by atoms with E-state index in [0.717, 1.165) is 0 Å². The van der Waals surface area contributed by atoms with Crippen molar-refractivity contribution in [2.75, 3.05) is 0 Å². The molecule has 2 rings (SSSR count). The first-order valence-electron chi connectivity index (χ1n) is 8.40. The first-order chi connectivity index (χ1) is 12.3. The Balaban J connectivity index is 2.43. The number of hydrogen-bond acceptors (Lipinski definition) is 7. The fourth-order valence-electron chi connectivity index (χ4n) is 4.77. The summed E-state index contributed by atoms with van der Waals surface area (Å²) in [5.41, 5.74) is 0. The molecular formula is C15H24I4O7. The Morgan fingerprint density at radius 3 is 1.15 bits per heavy atom. The molecule has 0 aromatic carbocycles. The fraction of sp³-hybridized carbons (Fsp3) is 1.00. The van der Waals surface area contributed by atoms with E-state index in [1.807, 2.05) is 43.8 Å². The van der Waals surface area contributed by atoms with Gasteiger partial charge in [-0.1, -0.05) is 20.8 Å². The number of aliphatic hydroxyl groups excluding tert-OH is 3. The highest BCUT2D eigenvalue weighted by atomic mass is 127. The van der Waals surface area contributed by atoms with E-state index >= 15 is 0 Å². The highest BCUT2D eigenvalue weighted by Gasteiger charge is 2.58. The van der Waals surface area contributed by atoms with Gasteiger partial charge in [-0.25, -0.2) is 0 Å². The third-order valence-electron chi connectivity index (χ3n) is 6.25. The van der Waals surface area contributed by atoms with Gasteiger partial charge in [0.1, 0.15) is 110 Å². The van der Waals surface area contributed by atoms with Gasteiger partial charge in [0.15, 0.2) is 0 Å². The van der Waals surface area contributed by atoms with Gasteiger partial charge in [0.05, 0.1) is 24.4 Å². The zero-order chi connectivity index (χ0) is 19.8. The molecule has 2 aliphatic carbocycles. The minimum absolute atomic E-state index is 0.0323. The van der Waals surface area contributed by atoms with Crippen molar-refractivity contribution in [3.63, 3.8) is 0 Å².